The minimum atomic E-state index is -4.83. The Morgan fingerprint density at radius 3 is 2.20 bits per heavy atom. The summed E-state index contributed by atoms with van der Waals surface area (Å²) in [7, 11) is 1.57. The van der Waals surface area contributed by atoms with Gasteiger partial charge < -0.3 is 28.9 Å². The van der Waals surface area contributed by atoms with Gasteiger partial charge in [0.25, 0.3) is 11.8 Å². The number of hydrogen-bond donors (Lipinski definition) is 0. The van der Waals surface area contributed by atoms with E-state index in [1.807, 2.05) is 29.2 Å². The zero-order valence-electron chi connectivity index (χ0n) is 26.4. The number of hydrogen-bond acceptors (Lipinski definition) is 7. The summed E-state index contributed by atoms with van der Waals surface area (Å²) in [6, 6.07) is 11.9. The molecule has 49 heavy (non-hydrogen) atoms. The third-order valence-electron chi connectivity index (χ3n) is 8.30. The van der Waals surface area contributed by atoms with Gasteiger partial charge in [-0.25, -0.2) is 0 Å². The summed E-state index contributed by atoms with van der Waals surface area (Å²) in [5.41, 5.74) is -3.73. The van der Waals surface area contributed by atoms with Gasteiger partial charge in [-0.15, -0.1) is 12.4 Å². The largest absolute Gasteiger partial charge is 0.489 e. The number of ether oxygens (including phenoxy) is 3. The second-order valence-electron chi connectivity index (χ2n) is 11.5. The van der Waals surface area contributed by atoms with E-state index in [0.717, 1.165) is 47.2 Å². The Morgan fingerprint density at radius 1 is 0.857 bits per heavy atom. The minimum absolute atomic E-state index is 0. The van der Waals surface area contributed by atoms with Crippen LogP contribution in [0.2, 0.25) is 0 Å². The van der Waals surface area contributed by atoms with Crippen LogP contribution in [-0.2, 0) is 21.9 Å². The zero-order chi connectivity index (χ0) is 34.5. The molecule has 0 radical (unpaired) electrons. The molecule has 266 valence electrons. The number of methoxy groups -OCH3 is 1. The maximum Gasteiger partial charge on any atom is 0.417 e. The molecule has 2 amide bonds. The van der Waals surface area contributed by atoms with Crippen LogP contribution in [0.5, 0.6) is 11.5 Å². The number of piperidine rings is 1. The SMILES string of the molecule is COCCOc1ccccc1N1CCN(C(=O)[C@]2(Oc3ccc(C(F)(F)F)cc3)CCCN(C(=O)c3cnccc3C(F)(F)F)C2)CC1.Cl. The highest BCUT2D eigenvalue weighted by Crippen LogP contribution is 2.37. The Balaban J connectivity index is 0.00000541. The summed E-state index contributed by atoms with van der Waals surface area (Å²) in [5.74, 6) is -0.917. The lowest BCUT2D eigenvalue weighted by Gasteiger charge is -2.45. The second-order valence-corrected chi connectivity index (χ2v) is 11.5. The molecular weight excluding hydrogens is 682 g/mol. The second kappa shape index (κ2) is 15.5. The average Bonchev–Trinajstić information content (AvgIpc) is 3.07. The third kappa shape index (κ3) is 8.68. The molecule has 2 aromatic carbocycles. The fourth-order valence-corrected chi connectivity index (χ4v) is 5.93. The Morgan fingerprint density at radius 2 is 1.55 bits per heavy atom. The number of carbonyl (C=O) groups excluding carboxylic acids is 2. The lowest BCUT2D eigenvalue weighted by atomic mass is 9.89. The molecular formula is C33H35ClF6N4O5. The van der Waals surface area contributed by atoms with Crippen molar-refractivity contribution in [3.05, 3.63) is 83.7 Å². The first-order valence-corrected chi connectivity index (χ1v) is 15.2. The number of aromatic nitrogens is 1. The number of pyridine rings is 1. The van der Waals surface area contributed by atoms with Crippen molar-refractivity contribution in [1.82, 2.24) is 14.8 Å². The predicted octanol–water partition coefficient (Wildman–Crippen LogP) is 5.97. The molecule has 0 spiro atoms. The fraction of sp³-hybridized carbons (Fsp3) is 0.424. The van der Waals surface area contributed by atoms with E-state index in [-0.39, 0.29) is 50.6 Å². The van der Waals surface area contributed by atoms with Crippen LogP contribution in [0.4, 0.5) is 32.0 Å². The number of likely N-dealkylation sites (tertiary alicyclic amines) is 1. The number of nitrogens with zero attached hydrogens (tertiary/aromatic N) is 4. The van der Waals surface area contributed by atoms with Crippen LogP contribution in [0.15, 0.2) is 67.0 Å². The molecule has 2 fully saturated rings. The van der Waals surface area contributed by atoms with Crippen molar-refractivity contribution >= 4 is 29.9 Å². The standard InChI is InChI=1S/C33H34F6N4O5.ClH/c1-46-19-20-47-28-6-3-2-5-27(28)41-15-17-42(18-16-41)30(45)31(48-24-9-7-23(8-10-24)32(34,35)36)12-4-14-43(22-31)29(44)25-21-40-13-11-26(25)33(37,38)39;/h2-3,5-11,13,21H,4,12,14-20,22H2,1H3;1H/t31-;/m0./s1. The highest BCUT2D eigenvalue weighted by molar-refractivity contribution is 5.96. The summed E-state index contributed by atoms with van der Waals surface area (Å²) in [5, 5.41) is 0. The van der Waals surface area contributed by atoms with Gasteiger partial charge in [-0.2, -0.15) is 26.3 Å². The van der Waals surface area contributed by atoms with Gasteiger partial charge in [-0.1, -0.05) is 12.1 Å². The van der Waals surface area contributed by atoms with Crippen molar-refractivity contribution in [2.24, 2.45) is 0 Å². The van der Waals surface area contributed by atoms with E-state index in [0.29, 0.717) is 38.1 Å². The Hall–Kier alpha value is -4.24. The molecule has 2 saturated heterocycles. The minimum Gasteiger partial charge on any atom is -0.489 e. The van der Waals surface area contributed by atoms with Crippen molar-refractivity contribution in [2.75, 3.05) is 64.5 Å². The van der Waals surface area contributed by atoms with Crippen molar-refractivity contribution < 1.29 is 50.1 Å². The number of benzene rings is 2. The molecule has 2 aliphatic rings. The van der Waals surface area contributed by atoms with Crippen molar-refractivity contribution in [1.29, 1.82) is 0 Å². The number of halogens is 7. The topological polar surface area (TPSA) is 84.4 Å². The predicted molar refractivity (Wildman–Crippen MR) is 169 cm³/mol. The number of rotatable bonds is 9. The summed E-state index contributed by atoms with van der Waals surface area (Å²) in [4.78, 5) is 36.3. The maximum absolute atomic E-state index is 14.4. The molecule has 0 unspecified atom stereocenters. The third-order valence-corrected chi connectivity index (χ3v) is 8.30. The molecule has 16 heteroatoms. The quantitative estimate of drug-likeness (QED) is 0.200. The van der Waals surface area contributed by atoms with Gasteiger partial charge in [0.05, 0.1) is 35.5 Å². The van der Waals surface area contributed by atoms with Gasteiger partial charge in [0.1, 0.15) is 18.1 Å². The van der Waals surface area contributed by atoms with Crippen LogP contribution in [0.1, 0.15) is 34.3 Å². The van der Waals surface area contributed by atoms with Gasteiger partial charge in [0.2, 0.25) is 5.60 Å². The average molecular weight is 717 g/mol. The van der Waals surface area contributed by atoms with Gasteiger partial charge in [-0.3, -0.25) is 14.6 Å². The first-order valence-electron chi connectivity index (χ1n) is 15.2. The van der Waals surface area contributed by atoms with Crippen LogP contribution >= 0.6 is 12.4 Å². The monoisotopic (exact) mass is 716 g/mol. The Labute approximate surface area is 285 Å². The molecule has 1 atom stereocenters. The van der Waals surface area contributed by atoms with Gasteiger partial charge in [-0.05, 0) is 55.3 Å². The van der Waals surface area contributed by atoms with E-state index in [9.17, 15) is 35.9 Å². The number of para-hydroxylation sites is 2. The van der Waals surface area contributed by atoms with Crippen molar-refractivity contribution in [2.45, 2.75) is 30.8 Å². The van der Waals surface area contributed by atoms with Gasteiger partial charge in [0.15, 0.2) is 0 Å². The summed E-state index contributed by atoms with van der Waals surface area (Å²) >= 11 is 0. The number of carbonyl (C=O) groups is 2. The number of alkyl halides is 6. The van der Waals surface area contributed by atoms with Crippen LogP contribution < -0.4 is 14.4 Å². The highest BCUT2D eigenvalue weighted by Gasteiger charge is 2.49. The smallest absolute Gasteiger partial charge is 0.417 e. The first kappa shape index (κ1) is 37.6. The highest BCUT2D eigenvalue weighted by atomic mass is 35.5. The molecule has 9 nitrogen and oxygen atoms in total. The van der Waals surface area contributed by atoms with E-state index < -0.39 is 53.0 Å². The molecule has 2 aliphatic heterocycles. The van der Waals surface area contributed by atoms with E-state index >= 15 is 0 Å². The number of piperazine rings is 1. The fourth-order valence-electron chi connectivity index (χ4n) is 5.93. The molecule has 5 rings (SSSR count). The summed E-state index contributed by atoms with van der Waals surface area (Å²) < 4.78 is 98.2. The van der Waals surface area contributed by atoms with Crippen molar-refractivity contribution in [3.8, 4) is 11.5 Å². The Bertz CT molecular complexity index is 1580. The van der Waals surface area contributed by atoms with Crippen LogP contribution in [0, 0.1) is 0 Å². The van der Waals surface area contributed by atoms with Gasteiger partial charge >= 0.3 is 12.4 Å². The van der Waals surface area contributed by atoms with Crippen LogP contribution in [0.25, 0.3) is 0 Å². The molecule has 0 aliphatic carbocycles. The van der Waals surface area contributed by atoms with E-state index in [1.165, 1.54) is 0 Å². The van der Waals surface area contributed by atoms with Gasteiger partial charge in [0, 0.05) is 52.2 Å². The molecule has 3 heterocycles. The van der Waals surface area contributed by atoms with E-state index in [4.69, 9.17) is 14.2 Å². The lowest BCUT2D eigenvalue weighted by Crippen LogP contribution is -2.64. The van der Waals surface area contributed by atoms with E-state index in [2.05, 4.69) is 4.98 Å². The van der Waals surface area contributed by atoms with Crippen LogP contribution in [0.3, 0.4) is 0 Å². The maximum atomic E-state index is 14.4. The molecule has 0 N–H and O–H groups in total. The summed E-state index contributed by atoms with van der Waals surface area (Å²) in [6.45, 7) is 1.62. The summed E-state index contributed by atoms with van der Waals surface area (Å²) in [6.07, 6.45) is -7.41. The number of amides is 2. The molecule has 0 saturated carbocycles. The first-order chi connectivity index (χ1) is 22.8. The lowest BCUT2D eigenvalue weighted by molar-refractivity contribution is -0.153. The Kier molecular flexibility index (Phi) is 11.9. The van der Waals surface area contributed by atoms with Crippen molar-refractivity contribution in [3.63, 3.8) is 0 Å². The van der Waals surface area contributed by atoms with E-state index in [1.54, 1.807) is 12.0 Å². The normalized spacial score (nSPS) is 18.5. The number of anilines is 1. The van der Waals surface area contributed by atoms with Crippen LogP contribution in [-0.4, -0.2) is 91.8 Å². The molecule has 0 bridgehead atoms. The molecule has 1 aromatic heterocycles. The molecule has 3 aromatic rings. The zero-order valence-corrected chi connectivity index (χ0v) is 27.2.